The highest BCUT2D eigenvalue weighted by Gasteiger charge is 2.15. The third-order valence-corrected chi connectivity index (χ3v) is 4.94. The predicted molar refractivity (Wildman–Crippen MR) is 113 cm³/mol. The molecule has 2 heterocycles. The second-order valence-electron chi connectivity index (χ2n) is 6.89. The SMILES string of the molecule is Cc1cccc2c(NCc3ccccc3)nc(-n3c(=N)oc4ccccc43)nc12. The molecule has 2 aromatic heterocycles. The Bertz CT molecular complexity index is 1390. The van der Waals surface area contributed by atoms with Crippen LogP contribution in [-0.4, -0.2) is 14.5 Å². The van der Waals surface area contributed by atoms with Crippen molar-refractivity contribution in [1.29, 1.82) is 5.41 Å². The number of hydrogen-bond acceptors (Lipinski definition) is 5. The lowest BCUT2D eigenvalue weighted by molar-refractivity contribution is 0.505. The maximum Gasteiger partial charge on any atom is 0.302 e. The molecule has 0 radical (unpaired) electrons. The van der Waals surface area contributed by atoms with E-state index in [0.717, 1.165) is 33.4 Å². The van der Waals surface area contributed by atoms with Gasteiger partial charge in [-0.15, -0.1) is 0 Å². The van der Waals surface area contributed by atoms with Gasteiger partial charge in [-0.3, -0.25) is 5.41 Å². The Balaban J connectivity index is 1.69. The van der Waals surface area contributed by atoms with Gasteiger partial charge in [-0.05, 0) is 36.2 Å². The molecule has 29 heavy (non-hydrogen) atoms. The molecule has 0 fully saturated rings. The molecule has 0 atom stereocenters. The summed E-state index contributed by atoms with van der Waals surface area (Å²) in [4.78, 5) is 9.55. The number of nitrogens with one attached hydrogen (secondary N) is 2. The Morgan fingerprint density at radius 1 is 0.931 bits per heavy atom. The summed E-state index contributed by atoms with van der Waals surface area (Å²) in [5, 5.41) is 12.7. The van der Waals surface area contributed by atoms with Crippen LogP contribution in [0, 0.1) is 12.3 Å². The summed E-state index contributed by atoms with van der Waals surface area (Å²) >= 11 is 0. The maximum atomic E-state index is 8.30. The van der Waals surface area contributed by atoms with E-state index in [0.29, 0.717) is 18.1 Å². The highest BCUT2D eigenvalue weighted by Crippen LogP contribution is 2.25. The molecule has 0 aliphatic carbocycles. The second-order valence-corrected chi connectivity index (χ2v) is 6.89. The van der Waals surface area contributed by atoms with Gasteiger partial charge in [-0.2, -0.15) is 4.98 Å². The zero-order valence-electron chi connectivity index (χ0n) is 15.9. The van der Waals surface area contributed by atoms with Crippen molar-refractivity contribution < 1.29 is 4.42 Å². The van der Waals surface area contributed by atoms with Gasteiger partial charge in [-0.25, -0.2) is 9.55 Å². The van der Waals surface area contributed by atoms with Gasteiger partial charge in [0.25, 0.3) is 0 Å². The van der Waals surface area contributed by atoms with Crippen molar-refractivity contribution in [1.82, 2.24) is 14.5 Å². The number of oxazole rings is 1. The standard InChI is InChI=1S/C23H19N5O/c1-15-8-7-11-17-20(15)26-23(27-21(17)25-14-16-9-3-2-4-10-16)28-18-12-5-6-13-19(18)29-22(28)24/h2-13,24H,14H2,1H3,(H,25,26,27). The Labute approximate surface area is 167 Å². The number of hydrogen-bond donors (Lipinski definition) is 2. The third-order valence-electron chi connectivity index (χ3n) is 4.94. The quantitative estimate of drug-likeness (QED) is 0.478. The number of anilines is 1. The van der Waals surface area contributed by atoms with E-state index in [9.17, 15) is 0 Å². The van der Waals surface area contributed by atoms with Gasteiger partial charge < -0.3 is 9.73 Å². The number of aryl methyl sites for hydroxylation is 1. The van der Waals surface area contributed by atoms with Gasteiger partial charge in [-0.1, -0.05) is 54.6 Å². The molecule has 3 aromatic carbocycles. The fraction of sp³-hybridized carbons (Fsp3) is 0.0870. The van der Waals surface area contributed by atoms with Gasteiger partial charge in [0.1, 0.15) is 5.82 Å². The number of benzene rings is 3. The molecule has 5 aromatic rings. The van der Waals surface area contributed by atoms with Crippen molar-refractivity contribution in [2.75, 3.05) is 5.32 Å². The molecule has 5 rings (SSSR count). The smallest absolute Gasteiger partial charge is 0.302 e. The molecular weight excluding hydrogens is 362 g/mol. The minimum Gasteiger partial charge on any atom is -0.423 e. The first-order valence-corrected chi connectivity index (χ1v) is 9.41. The molecule has 0 saturated heterocycles. The molecule has 0 bridgehead atoms. The molecule has 0 amide bonds. The molecule has 0 spiro atoms. The zero-order valence-corrected chi connectivity index (χ0v) is 15.9. The number of fused-ring (bicyclic) bond motifs is 2. The van der Waals surface area contributed by atoms with Gasteiger partial charge in [0, 0.05) is 11.9 Å². The molecular formula is C23H19N5O. The topological polar surface area (TPSA) is 79.7 Å². The highest BCUT2D eigenvalue weighted by atomic mass is 16.3. The first-order valence-electron chi connectivity index (χ1n) is 9.41. The summed E-state index contributed by atoms with van der Waals surface area (Å²) in [6.45, 7) is 2.67. The van der Waals surface area contributed by atoms with Crippen molar-refractivity contribution in [3.05, 3.63) is 89.6 Å². The number of aromatic nitrogens is 3. The van der Waals surface area contributed by atoms with Crippen LogP contribution in [0.15, 0.2) is 77.2 Å². The number of nitrogens with zero attached hydrogens (tertiary/aromatic N) is 3. The molecule has 0 unspecified atom stereocenters. The van der Waals surface area contributed by atoms with Crippen LogP contribution in [0.2, 0.25) is 0 Å². The molecule has 6 nitrogen and oxygen atoms in total. The minimum absolute atomic E-state index is 0.00635. The van der Waals surface area contributed by atoms with E-state index in [-0.39, 0.29) is 5.68 Å². The van der Waals surface area contributed by atoms with Crippen molar-refractivity contribution in [3.63, 3.8) is 0 Å². The first kappa shape index (κ1) is 17.2. The van der Waals surface area contributed by atoms with Gasteiger partial charge >= 0.3 is 5.68 Å². The maximum absolute atomic E-state index is 8.30. The highest BCUT2D eigenvalue weighted by molar-refractivity contribution is 5.91. The Morgan fingerprint density at radius 2 is 1.72 bits per heavy atom. The van der Waals surface area contributed by atoms with Crippen molar-refractivity contribution in [3.8, 4) is 5.95 Å². The number of para-hydroxylation sites is 3. The largest absolute Gasteiger partial charge is 0.423 e. The monoisotopic (exact) mass is 381 g/mol. The van der Waals surface area contributed by atoms with Crippen LogP contribution in [0.25, 0.3) is 28.0 Å². The summed E-state index contributed by atoms with van der Waals surface area (Å²) in [6, 6.07) is 23.8. The average Bonchev–Trinajstić information content (AvgIpc) is 3.09. The molecule has 0 aliphatic rings. The van der Waals surface area contributed by atoms with Gasteiger partial charge in [0.05, 0.1) is 11.0 Å². The third kappa shape index (κ3) is 3.04. The Hall–Kier alpha value is -3.93. The summed E-state index contributed by atoms with van der Waals surface area (Å²) in [5.41, 5.74) is 4.45. The second kappa shape index (κ2) is 6.91. The van der Waals surface area contributed by atoms with Crippen LogP contribution in [0.1, 0.15) is 11.1 Å². The van der Waals surface area contributed by atoms with Crippen LogP contribution in [-0.2, 0) is 6.54 Å². The molecule has 2 N–H and O–H groups in total. The molecule has 6 heteroatoms. The van der Waals surface area contributed by atoms with Crippen LogP contribution in [0.5, 0.6) is 0 Å². The first-order chi connectivity index (χ1) is 14.2. The Kier molecular flexibility index (Phi) is 4.09. The van der Waals surface area contributed by atoms with Crippen LogP contribution in [0.3, 0.4) is 0 Å². The van der Waals surface area contributed by atoms with E-state index < -0.39 is 0 Å². The van der Waals surface area contributed by atoms with E-state index in [1.165, 1.54) is 0 Å². The predicted octanol–water partition coefficient (Wildman–Crippen LogP) is 4.57. The van der Waals surface area contributed by atoms with Crippen molar-refractivity contribution in [2.24, 2.45) is 0 Å². The van der Waals surface area contributed by atoms with Gasteiger partial charge in [0.15, 0.2) is 5.58 Å². The average molecular weight is 381 g/mol. The van der Waals surface area contributed by atoms with Crippen LogP contribution < -0.4 is 11.0 Å². The summed E-state index contributed by atoms with van der Waals surface area (Å²) < 4.78 is 7.23. The van der Waals surface area contributed by atoms with E-state index in [2.05, 4.69) is 17.4 Å². The molecule has 142 valence electrons. The minimum atomic E-state index is -0.00635. The summed E-state index contributed by atoms with van der Waals surface area (Å²) in [6.07, 6.45) is 0. The van der Waals surface area contributed by atoms with E-state index in [1.807, 2.05) is 67.6 Å². The normalized spacial score (nSPS) is 11.2. The van der Waals surface area contributed by atoms with E-state index in [1.54, 1.807) is 4.57 Å². The molecule has 0 saturated carbocycles. The van der Waals surface area contributed by atoms with Crippen molar-refractivity contribution >= 4 is 27.8 Å². The Morgan fingerprint density at radius 3 is 2.59 bits per heavy atom. The zero-order chi connectivity index (χ0) is 19.8. The van der Waals surface area contributed by atoms with Crippen LogP contribution in [0.4, 0.5) is 5.82 Å². The fourth-order valence-corrected chi connectivity index (χ4v) is 3.49. The van der Waals surface area contributed by atoms with Crippen LogP contribution >= 0.6 is 0 Å². The fourth-order valence-electron chi connectivity index (χ4n) is 3.49. The lowest BCUT2D eigenvalue weighted by Crippen LogP contribution is -2.16. The van der Waals surface area contributed by atoms with Crippen molar-refractivity contribution in [2.45, 2.75) is 13.5 Å². The molecule has 0 aliphatic heterocycles. The lowest BCUT2D eigenvalue weighted by atomic mass is 10.1. The van der Waals surface area contributed by atoms with E-state index in [4.69, 9.17) is 19.8 Å². The number of rotatable bonds is 4. The van der Waals surface area contributed by atoms with Gasteiger partial charge in [0.2, 0.25) is 5.95 Å². The lowest BCUT2D eigenvalue weighted by Gasteiger charge is -2.12. The summed E-state index contributed by atoms with van der Waals surface area (Å²) in [5.74, 6) is 1.15. The summed E-state index contributed by atoms with van der Waals surface area (Å²) in [7, 11) is 0. The van der Waals surface area contributed by atoms with E-state index >= 15 is 0 Å².